The van der Waals surface area contributed by atoms with Crippen LogP contribution in [-0.2, 0) is 4.79 Å². The molecule has 3 heteroatoms. The minimum absolute atomic E-state index is 0.0347. The summed E-state index contributed by atoms with van der Waals surface area (Å²) in [5, 5.41) is 0. The maximum absolute atomic E-state index is 9.69. The number of rotatable bonds is 3. The van der Waals surface area contributed by atoms with Crippen molar-refractivity contribution in [2.75, 3.05) is 6.73 Å². The summed E-state index contributed by atoms with van der Waals surface area (Å²) >= 11 is 0. The quantitative estimate of drug-likeness (QED) is 0.502. The van der Waals surface area contributed by atoms with Gasteiger partial charge in [-0.05, 0) is 24.6 Å². The second-order valence-corrected chi connectivity index (χ2v) is 2.34. The maximum atomic E-state index is 9.69. The van der Waals surface area contributed by atoms with Crippen molar-refractivity contribution in [3.05, 3.63) is 29.8 Å². The van der Waals surface area contributed by atoms with Crippen LogP contribution in [0.25, 0.3) is 0 Å². The predicted molar refractivity (Wildman–Crippen MR) is 44.8 cm³/mol. The summed E-state index contributed by atoms with van der Waals surface area (Å²) in [5.74, 6) is 0.717. The van der Waals surface area contributed by atoms with Crippen molar-refractivity contribution in [2.24, 2.45) is 4.99 Å². The average molecular weight is 163 g/mol. The van der Waals surface area contributed by atoms with Crippen molar-refractivity contribution in [2.45, 2.75) is 6.92 Å². The van der Waals surface area contributed by atoms with Crippen LogP contribution in [0.2, 0.25) is 0 Å². The van der Waals surface area contributed by atoms with E-state index >= 15 is 0 Å². The first-order chi connectivity index (χ1) is 5.83. The monoisotopic (exact) mass is 163 g/mol. The van der Waals surface area contributed by atoms with Gasteiger partial charge in [0.15, 0.2) is 6.73 Å². The van der Waals surface area contributed by atoms with Gasteiger partial charge in [0, 0.05) is 0 Å². The smallest absolute Gasteiger partial charge is 0.238 e. The fourth-order valence-corrected chi connectivity index (χ4v) is 0.838. The van der Waals surface area contributed by atoms with E-state index in [-0.39, 0.29) is 6.73 Å². The van der Waals surface area contributed by atoms with Crippen LogP contribution in [0.4, 0.5) is 0 Å². The Balaban J connectivity index is 2.57. The molecular formula is C9H9NO2. The van der Waals surface area contributed by atoms with Gasteiger partial charge in [-0.1, -0.05) is 12.1 Å². The highest BCUT2D eigenvalue weighted by molar-refractivity contribution is 5.33. The van der Waals surface area contributed by atoms with Gasteiger partial charge in [0.1, 0.15) is 5.75 Å². The molecule has 0 fully saturated rings. The van der Waals surface area contributed by atoms with Crippen molar-refractivity contribution < 1.29 is 9.53 Å². The van der Waals surface area contributed by atoms with Gasteiger partial charge in [-0.25, -0.2) is 4.79 Å². The molecule has 0 aromatic heterocycles. The molecule has 0 heterocycles. The lowest BCUT2D eigenvalue weighted by Crippen LogP contribution is -1.92. The molecule has 0 radical (unpaired) electrons. The summed E-state index contributed by atoms with van der Waals surface area (Å²) in [6, 6.07) is 7.54. The van der Waals surface area contributed by atoms with Gasteiger partial charge in [0.2, 0.25) is 6.08 Å². The third kappa shape index (κ3) is 2.56. The standard InChI is InChI=1S/C9H9NO2/c1-8-3-2-4-9(5-8)12-7-10-6-11/h2-5H,7H2,1H3. The van der Waals surface area contributed by atoms with Gasteiger partial charge >= 0.3 is 0 Å². The first-order valence-electron chi connectivity index (χ1n) is 3.56. The lowest BCUT2D eigenvalue weighted by atomic mass is 10.2. The Morgan fingerprint density at radius 1 is 1.58 bits per heavy atom. The molecule has 62 valence electrons. The van der Waals surface area contributed by atoms with Crippen LogP contribution in [0, 0.1) is 6.92 Å². The zero-order valence-electron chi connectivity index (χ0n) is 6.78. The maximum Gasteiger partial charge on any atom is 0.238 e. The summed E-state index contributed by atoms with van der Waals surface area (Å²) in [7, 11) is 0. The molecule has 12 heavy (non-hydrogen) atoms. The Labute approximate surface area is 70.7 Å². The van der Waals surface area contributed by atoms with Crippen LogP contribution in [0.15, 0.2) is 29.3 Å². The third-order valence-corrected chi connectivity index (χ3v) is 1.35. The minimum Gasteiger partial charge on any atom is -0.470 e. The molecule has 0 spiro atoms. The van der Waals surface area contributed by atoms with Crippen molar-refractivity contribution in [1.29, 1.82) is 0 Å². The molecular weight excluding hydrogens is 154 g/mol. The SMILES string of the molecule is Cc1cccc(OCN=C=O)c1. The highest BCUT2D eigenvalue weighted by Crippen LogP contribution is 2.11. The van der Waals surface area contributed by atoms with Crippen LogP contribution in [0.5, 0.6) is 5.75 Å². The van der Waals surface area contributed by atoms with Gasteiger partial charge in [-0.15, -0.1) is 0 Å². The average Bonchev–Trinajstić information content (AvgIpc) is 2.05. The number of hydrogen-bond acceptors (Lipinski definition) is 3. The molecule has 3 nitrogen and oxygen atoms in total. The molecule has 0 N–H and O–H groups in total. The van der Waals surface area contributed by atoms with Crippen LogP contribution >= 0.6 is 0 Å². The third-order valence-electron chi connectivity index (χ3n) is 1.35. The number of hydrogen-bond donors (Lipinski definition) is 0. The molecule has 0 bridgehead atoms. The van der Waals surface area contributed by atoms with Gasteiger partial charge in [0.25, 0.3) is 0 Å². The van der Waals surface area contributed by atoms with E-state index in [0.29, 0.717) is 5.75 Å². The number of aliphatic imine (C=N–C) groups is 1. The number of ether oxygens (including phenoxy) is 1. The van der Waals surface area contributed by atoms with Crippen LogP contribution in [-0.4, -0.2) is 12.8 Å². The van der Waals surface area contributed by atoms with Crippen molar-refractivity contribution in [3.63, 3.8) is 0 Å². The van der Waals surface area contributed by atoms with Gasteiger partial charge in [0.05, 0.1) is 0 Å². The summed E-state index contributed by atoms with van der Waals surface area (Å²) in [6.07, 6.45) is 1.40. The molecule has 0 aliphatic rings. The van der Waals surface area contributed by atoms with E-state index < -0.39 is 0 Å². The molecule has 1 rings (SSSR count). The zero-order chi connectivity index (χ0) is 8.81. The van der Waals surface area contributed by atoms with Gasteiger partial charge in [-0.3, -0.25) is 0 Å². The zero-order valence-corrected chi connectivity index (χ0v) is 6.78. The molecule has 0 aliphatic heterocycles. The summed E-state index contributed by atoms with van der Waals surface area (Å²) in [4.78, 5) is 13.0. The van der Waals surface area contributed by atoms with E-state index in [1.807, 2.05) is 31.2 Å². The van der Waals surface area contributed by atoms with E-state index in [4.69, 9.17) is 4.74 Å². The van der Waals surface area contributed by atoms with E-state index in [1.54, 1.807) is 0 Å². The minimum atomic E-state index is 0.0347. The first kappa shape index (κ1) is 8.50. The Kier molecular flexibility index (Phi) is 3.05. The molecule has 0 atom stereocenters. The van der Waals surface area contributed by atoms with Crippen molar-refractivity contribution in [1.82, 2.24) is 0 Å². The van der Waals surface area contributed by atoms with Crippen molar-refractivity contribution >= 4 is 6.08 Å². The fraction of sp³-hybridized carbons (Fsp3) is 0.222. The van der Waals surface area contributed by atoms with E-state index in [1.165, 1.54) is 6.08 Å². The van der Waals surface area contributed by atoms with Crippen molar-refractivity contribution in [3.8, 4) is 5.75 Å². The summed E-state index contributed by atoms with van der Waals surface area (Å²) < 4.78 is 5.10. The number of aryl methyl sites for hydroxylation is 1. The molecule has 0 amide bonds. The Bertz CT molecular complexity index is 303. The van der Waals surface area contributed by atoms with Gasteiger partial charge < -0.3 is 4.74 Å². The second-order valence-electron chi connectivity index (χ2n) is 2.34. The largest absolute Gasteiger partial charge is 0.470 e. The van der Waals surface area contributed by atoms with Crippen LogP contribution in [0.1, 0.15) is 5.56 Å². The number of benzene rings is 1. The fourth-order valence-electron chi connectivity index (χ4n) is 0.838. The second kappa shape index (κ2) is 4.31. The molecule has 0 saturated carbocycles. The van der Waals surface area contributed by atoms with E-state index in [9.17, 15) is 4.79 Å². The first-order valence-corrected chi connectivity index (χ1v) is 3.56. The number of carbonyl (C=O) groups excluding carboxylic acids is 1. The molecule has 0 unspecified atom stereocenters. The number of isocyanates is 1. The van der Waals surface area contributed by atoms with Crippen LogP contribution < -0.4 is 4.74 Å². The van der Waals surface area contributed by atoms with E-state index in [2.05, 4.69) is 4.99 Å². The molecule has 1 aromatic carbocycles. The highest BCUT2D eigenvalue weighted by atomic mass is 16.5. The van der Waals surface area contributed by atoms with Crippen LogP contribution in [0.3, 0.4) is 0 Å². The lowest BCUT2D eigenvalue weighted by Gasteiger charge is -2.01. The normalized spacial score (nSPS) is 8.75. The van der Waals surface area contributed by atoms with E-state index in [0.717, 1.165) is 5.56 Å². The predicted octanol–water partition coefficient (Wildman–Crippen LogP) is 1.67. The molecule has 0 aliphatic carbocycles. The summed E-state index contributed by atoms with van der Waals surface area (Å²) in [5.41, 5.74) is 1.11. The van der Waals surface area contributed by atoms with Gasteiger partial charge in [-0.2, -0.15) is 4.99 Å². The lowest BCUT2D eigenvalue weighted by molar-refractivity contribution is 0.330. The summed E-state index contributed by atoms with van der Waals surface area (Å²) in [6.45, 7) is 2.00. The molecule has 0 saturated heterocycles. The molecule has 1 aromatic rings. The Morgan fingerprint density at radius 3 is 3.08 bits per heavy atom. The number of nitrogens with zero attached hydrogens (tertiary/aromatic N) is 1. The topological polar surface area (TPSA) is 38.7 Å². The Hall–Kier alpha value is -1.60. The Morgan fingerprint density at radius 2 is 2.42 bits per heavy atom. The highest BCUT2D eigenvalue weighted by Gasteiger charge is 1.90.